The summed E-state index contributed by atoms with van der Waals surface area (Å²) in [6.45, 7) is 2.38. The number of carbonyl (C=O) groups is 2. The number of carbonyl (C=O) groups excluding carboxylic acids is 2. The highest BCUT2D eigenvalue weighted by Gasteiger charge is 2.48. The van der Waals surface area contributed by atoms with E-state index in [9.17, 15) is 22.8 Å². The zero-order valence-electron chi connectivity index (χ0n) is 22.2. The lowest BCUT2D eigenvalue weighted by Crippen LogP contribution is -2.61. The van der Waals surface area contributed by atoms with Gasteiger partial charge in [0.25, 0.3) is 0 Å². The maximum Gasteiger partial charge on any atom is 0.410 e. The molecule has 0 saturated carbocycles. The smallest absolute Gasteiger partial charge is 0.410 e. The number of ether oxygens (including phenoxy) is 1. The Morgan fingerprint density at radius 3 is 2.82 bits per heavy atom. The fourth-order valence-corrected chi connectivity index (χ4v) is 5.20. The van der Waals surface area contributed by atoms with Gasteiger partial charge < -0.3 is 15.1 Å². The van der Waals surface area contributed by atoms with Crippen molar-refractivity contribution in [2.45, 2.75) is 50.9 Å². The molecule has 1 fully saturated rings. The fraction of sp³-hybridized carbons (Fsp3) is 0.519. The van der Waals surface area contributed by atoms with E-state index in [2.05, 4.69) is 10.5 Å². The Balaban J connectivity index is 1.33. The minimum atomic E-state index is -4.53. The molecule has 1 amide bonds. The molecule has 0 radical (unpaired) electrons. The number of cyclic esters (lactones) is 1. The van der Waals surface area contributed by atoms with E-state index in [0.717, 1.165) is 16.0 Å². The third-order valence-electron chi connectivity index (χ3n) is 7.30. The molecule has 1 aromatic carbocycles. The predicted octanol–water partition coefficient (Wildman–Crippen LogP) is 2.59. The van der Waals surface area contributed by atoms with Crippen molar-refractivity contribution >= 4 is 18.2 Å². The highest BCUT2D eigenvalue weighted by Crippen LogP contribution is 2.30. The number of hydrazine groups is 1. The maximum absolute atomic E-state index is 14.0. The third kappa shape index (κ3) is 7.18. The van der Waals surface area contributed by atoms with Crippen LogP contribution in [0.2, 0.25) is 0 Å². The van der Waals surface area contributed by atoms with Crippen molar-refractivity contribution in [3.05, 3.63) is 58.8 Å². The molecule has 3 unspecified atom stereocenters. The molecule has 0 spiro atoms. The van der Waals surface area contributed by atoms with Crippen LogP contribution in [0.5, 0.6) is 0 Å². The average molecular weight is 549 g/mol. The molecule has 1 aromatic rings. The SMILES string of the molecule is CN/N=C\N(N)C1=CCC(CC(=O)N2CCN(CCc3ccc4c(c3)CC(C)OC4=O)CC2C(F)(F)F)C=C1. The summed E-state index contributed by atoms with van der Waals surface area (Å²) in [5.41, 5.74) is 5.69. The van der Waals surface area contributed by atoms with Crippen molar-refractivity contribution in [1.29, 1.82) is 0 Å². The van der Waals surface area contributed by atoms with Gasteiger partial charge in [-0.3, -0.25) is 14.7 Å². The Morgan fingerprint density at radius 1 is 1.33 bits per heavy atom. The summed E-state index contributed by atoms with van der Waals surface area (Å²) in [6.07, 6.45) is 3.71. The summed E-state index contributed by atoms with van der Waals surface area (Å²) < 4.78 is 47.4. The lowest BCUT2D eigenvalue weighted by molar-refractivity contribution is -0.201. The normalized spacial score (nSPS) is 23.8. The van der Waals surface area contributed by atoms with Crippen LogP contribution in [0.4, 0.5) is 13.2 Å². The second-order valence-electron chi connectivity index (χ2n) is 10.2. The number of piperazine rings is 1. The van der Waals surface area contributed by atoms with Gasteiger partial charge in [0.15, 0.2) is 0 Å². The number of halogens is 3. The van der Waals surface area contributed by atoms with Crippen molar-refractivity contribution in [2.24, 2.45) is 16.9 Å². The summed E-state index contributed by atoms with van der Waals surface area (Å²) >= 11 is 0. The van der Waals surface area contributed by atoms with Crippen LogP contribution in [0, 0.1) is 5.92 Å². The number of amides is 1. The predicted molar refractivity (Wildman–Crippen MR) is 140 cm³/mol. The number of nitrogens with two attached hydrogens (primary N) is 1. The monoisotopic (exact) mass is 548 g/mol. The molecule has 2 heterocycles. The van der Waals surface area contributed by atoms with Crippen molar-refractivity contribution in [3.8, 4) is 0 Å². The number of hydrogen-bond acceptors (Lipinski definition) is 7. The van der Waals surface area contributed by atoms with Gasteiger partial charge in [-0.25, -0.2) is 10.6 Å². The number of rotatable bonds is 8. The van der Waals surface area contributed by atoms with Crippen LogP contribution in [0.25, 0.3) is 0 Å². The van der Waals surface area contributed by atoms with E-state index in [-0.39, 0.29) is 37.5 Å². The van der Waals surface area contributed by atoms with Crippen LogP contribution in [-0.4, -0.2) is 84.6 Å². The molecule has 12 heteroatoms. The average Bonchev–Trinajstić information content (AvgIpc) is 2.90. The van der Waals surface area contributed by atoms with Crippen molar-refractivity contribution in [2.75, 3.05) is 33.2 Å². The van der Waals surface area contributed by atoms with E-state index in [1.165, 1.54) is 11.3 Å². The molecular formula is C27H35F3N6O3. The molecule has 4 rings (SSSR count). The van der Waals surface area contributed by atoms with Gasteiger partial charge in [-0.1, -0.05) is 24.3 Å². The number of benzene rings is 1. The number of hydrazone groups is 1. The molecule has 0 bridgehead atoms. The molecule has 9 nitrogen and oxygen atoms in total. The van der Waals surface area contributed by atoms with E-state index in [0.29, 0.717) is 43.6 Å². The van der Waals surface area contributed by atoms with Crippen molar-refractivity contribution < 1.29 is 27.5 Å². The van der Waals surface area contributed by atoms with Crippen LogP contribution in [0.15, 0.2) is 47.2 Å². The second kappa shape index (κ2) is 12.2. The lowest BCUT2D eigenvalue weighted by Gasteiger charge is -2.42. The van der Waals surface area contributed by atoms with Gasteiger partial charge in [0.1, 0.15) is 18.5 Å². The number of nitrogens with one attached hydrogen (secondary N) is 1. The Bertz CT molecular complexity index is 1150. The van der Waals surface area contributed by atoms with Gasteiger partial charge in [-0.15, -0.1) is 0 Å². The Kier molecular flexibility index (Phi) is 8.96. The van der Waals surface area contributed by atoms with Crippen molar-refractivity contribution in [1.82, 2.24) is 20.2 Å². The minimum absolute atomic E-state index is 0.00197. The number of allylic oxidation sites excluding steroid dienone is 3. The number of esters is 1. The molecule has 3 aliphatic rings. The van der Waals surface area contributed by atoms with Gasteiger partial charge in [-0.05, 0) is 49.0 Å². The molecule has 3 N–H and O–H groups in total. The molecule has 2 aliphatic heterocycles. The summed E-state index contributed by atoms with van der Waals surface area (Å²) in [4.78, 5) is 27.8. The Hall–Kier alpha value is -3.38. The number of alkyl halides is 3. The quantitative estimate of drug-likeness (QED) is 0.169. The summed E-state index contributed by atoms with van der Waals surface area (Å²) in [7, 11) is 1.64. The van der Waals surface area contributed by atoms with Crippen LogP contribution in [0.1, 0.15) is 41.3 Å². The summed E-state index contributed by atoms with van der Waals surface area (Å²) in [5, 5.41) is 5.15. The molecular weight excluding hydrogens is 513 g/mol. The zero-order valence-corrected chi connectivity index (χ0v) is 22.2. The first-order valence-corrected chi connectivity index (χ1v) is 13.1. The first-order valence-electron chi connectivity index (χ1n) is 13.1. The topological polar surface area (TPSA) is 104 Å². The molecule has 1 aliphatic carbocycles. The molecule has 1 saturated heterocycles. The zero-order chi connectivity index (χ0) is 28.2. The highest BCUT2D eigenvalue weighted by atomic mass is 19.4. The molecule has 39 heavy (non-hydrogen) atoms. The summed E-state index contributed by atoms with van der Waals surface area (Å²) in [6, 6.07) is 3.65. The third-order valence-corrected chi connectivity index (χ3v) is 7.30. The Labute approximate surface area is 226 Å². The first-order chi connectivity index (χ1) is 18.5. The molecule has 0 aromatic heterocycles. The number of hydrogen-bond donors (Lipinski definition) is 2. The molecule has 3 atom stereocenters. The van der Waals surface area contributed by atoms with Crippen LogP contribution < -0.4 is 11.3 Å². The maximum atomic E-state index is 14.0. The van der Waals surface area contributed by atoms with Crippen LogP contribution >= 0.6 is 0 Å². The van der Waals surface area contributed by atoms with Gasteiger partial charge in [0.2, 0.25) is 5.91 Å². The van der Waals surface area contributed by atoms with E-state index in [1.807, 2.05) is 25.1 Å². The fourth-order valence-electron chi connectivity index (χ4n) is 5.20. The van der Waals surface area contributed by atoms with E-state index >= 15 is 0 Å². The number of nitrogens with zero attached hydrogens (tertiary/aromatic N) is 4. The van der Waals surface area contributed by atoms with Crippen molar-refractivity contribution in [3.63, 3.8) is 0 Å². The van der Waals surface area contributed by atoms with E-state index in [1.54, 1.807) is 30.2 Å². The van der Waals surface area contributed by atoms with Gasteiger partial charge in [0.05, 0.1) is 11.3 Å². The standard InChI is InChI=1S/C27H35F3N6O3/c1-18-13-21-14-20(5-8-23(21)26(38)39-18)9-10-34-11-12-35(24(16-34)27(28,29)30)25(37)15-19-3-6-22(7-4-19)36(31)17-33-32-2/h3,5-8,14,17-19,24,32H,4,9-13,15-16,31H2,1-2H3/b33-17-. The van der Waals surface area contributed by atoms with Gasteiger partial charge >= 0.3 is 12.1 Å². The lowest BCUT2D eigenvalue weighted by atomic mass is 9.94. The van der Waals surface area contributed by atoms with Crippen LogP contribution in [-0.2, 0) is 22.4 Å². The molecule has 212 valence electrons. The summed E-state index contributed by atoms with van der Waals surface area (Å²) in [5.74, 6) is 4.84. The number of fused-ring (bicyclic) bond motifs is 1. The van der Waals surface area contributed by atoms with Crippen LogP contribution in [0.3, 0.4) is 0 Å². The van der Waals surface area contributed by atoms with Gasteiger partial charge in [0, 0.05) is 46.1 Å². The minimum Gasteiger partial charge on any atom is -0.459 e. The largest absolute Gasteiger partial charge is 0.459 e. The van der Waals surface area contributed by atoms with E-state index < -0.39 is 18.1 Å². The van der Waals surface area contributed by atoms with Gasteiger partial charge in [-0.2, -0.15) is 18.3 Å². The highest BCUT2D eigenvalue weighted by molar-refractivity contribution is 5.92. The first kappa shape index (κ1) is 28.6. The van der Waals surface area contributed by atoms with E-state index in [4.69, 9.17) is 10.6 Å². The second-order valence-corrected chi connectivity index (χ2v) is 10.2. The Morgan fingerprint density at radius 2 is 2.13 bits per heavy atom.